The van der Waals surface area contributed by atoms with E-state index in [1.54, 1.807) is 0 Å². The lowest BCUT2D eigenvalue weighted by atomic mass is 10.1. The van der Waals surface area contributed by atoms with Crippen molar-refractivity contribution >= 4 is 17.1 Å². The Morgan fingerprint density at radius 1 is 1.05 bits per heavy atom. The SMILES string of the molecule is CCc1ccc(Nc2cc(N)cc(OC(C)C)c2)cc1. The Morgan fingerprint density at radius 2 is 1.75 bits per heavy atom. The van der Waals surface area contributed by atoms with Crippen LogP contribution in [0.2, 0.25) is 0 Å². The summed E-state index contributed by atoms with van der Waals surface area (Å²) < 4.78 is 5.69. The van der Waals surface area contributed by atoms with Gasteiger partial charge in [-0.1, -0.05) is 19.1 Å². The fraction of sp³-hybridized carbons (Fsp3) is 0.294. The van der Waals surface area contributed by atoms with Gasteiger partial charge in [0.05, 0.1) is 6.10 Å². The van der Waals surface area contributed by atoms with Gasteiger partial charge < -0.3 is 15.8 Å². The molecule has 2 aromatic carbocycles. The van der Waals surface area contributed by atoms with Gasteiger partial charge in [0.15, 0.2) is 0 Å². The molecule has 0 unspecified atom stereocenters. The fourth-order valence-electron chi connectivity index (χ4n) is 2.02. The molecule has 20 heavy (non-hydrogen) atoms. The number of aryl methyl sites for hydroxylation is 1. The molecule has 0 amide bonds. The van der Waals surface area contributed by atoms with Crippen molar-refractivity contribution in [1.29, 1.82) is 0 Å². The molecule has 3 nitrogen and oxygen atoms in total. The van der Waals surface area contributed by atoms with Crippen LogP contribution in [0.25, 0.3) is 0 Å². The molecule has 0 fully saturated rings. The summed E-state index contributed by atoms with van der Waals surface area (Å²) in [7, 11) is 0. The van der Waals surface area contributed by atoms with Crippen molar-refractivity contribution in [2.75, 3.05) is 11.1 Å². The standard InChI is InChI=1S/C17H22N2O/c1-4-13-5-7-15(8-6-13)19-16-9-14(18)10-17(11-16)20-12(2)3/h5-12,19H,4,18H2,1-3H3. The number of nitrogens with one attached hydrogen (secondary N) is 1. The van der Waals surface area contributed by atoms with Gasteiger partial charge in [0.25, 0.3) is 0 Å². The van der Waals surface area contributed by atoms with Gasteiger partial charge in [-0.2, -0.15) is 0 Å². The molecule has 0 radical (unpaired) electrons. The molecule has 0 heterocycles. The fourth-order valence-corrected chi connectivity index (χ4v) is 2.02. The Kier molecular flexibility index (Phi) is 4.51. The van der Waals surface area contributed by atoms with E-state index < -0.39 is 0 Å². The maximum Gasteiger partial charge on any atom is 0.123 e. The van der Waals surface area contributed by atoms with Gasteiger partial charge in [-0.25, -0.2) is 0 Å². The highest BCUT2D eigenvalue weighted by atomic mass is 16.5. The quantitative estimate of drug-likeness (QED) is 0.793. The molecule has 0 aromatic heterocycles. The van der Waals surface area contributed by atoms with Gasteiger partial charge in [0.1, 0.15) is 5.75 Å². The topological polar surface area (TPSA) is 47.3 Å². The Morgan fingerprint density at radius 3 is 2.35 bits per heavy atom. The molecule has 2 aromatic rings. The van der Waals surface area contributed by atoms with Gasteiger partial charge in [-0.15, -0.1) is 0 Å². The predicted molar refractivity (Wildman–Crippen MR) is 85.7 cm³/mol. The van der Waals surface area contributed by atoms with E-state index in [4.69, 9.17) is 10.5 Å². The van der Waals surface area contributed by atoms with Crippen LogP contribution in [0.15, 0.2) is 42.5 Å². The van der Waals surface area contributed by atoms with E-state index in [2.05, 4.69) is 36.5 Å². The summed E-state index contributed by atoms with van der Waals surface area (Å²) in [5.41, 5.74) is 9.91. The number of anilines is 3. The van der Waals surface area contributed by atoms with Crippen molar-refractivity contribution in [3.63, 3.8) is 0 Å². The molecular weight excluding hydrogens is 248 g/mol. The lowest BCUT2D eigenvalue weighted by Crippen LogP contribution is -2.06. The lowest BCUT2D eigenvalue weighted by molar-refractivity contribution is 0.242. The number of nitrogen functional groups attached to an aromatic ring is 1. The van der Waals surface area contributed by atoms with Crippen LogP contribution in [-0.4, -0.2) is 6.10 Å². The molecule has 0 atom stereocenters. The molecule has 0 saturated heterocycles. The van der Waals surface area contributed by atoms with Gasteiger partial charge in [-0.05, 0) is 44.0 Å². The third kappa shape index (κ3) is 3.92. The second-order valence-corrected chi connectivity index (χ2v) is 5.13. The molecule has 3 N–H and O–H groups in total. The van der Waals surface area contributed by atoms with E-state index in [9.17, 15) is 0 Å². The molecule has 0 spiro atoms. The first-order chi connectivity index (χ1) is 9.56. The second-order valence-electron chi connectivity index (χ2n) is 5.13. The summed E-state index contributed by atoms with van der Waals surface area (Å²) in [6, 6.07) is 14.1. The highest BCUT2D eigenvalue weighted by Crippen LogP contribution is 2.26. The van der Waals surface area contributed by atoms with Gasteiger partial charge in [-0.3, -0.25) is 0 Å². The van der Waals surface area contributed by atoms with Crippen molar-refractivity contribution in [1.82, 2.24) is 0 Å². The first-order valence-corrected chi connectivity index (χ1v) is 7.00. The van der Waals surface area contributed by atoms with Crippen LogP contribution in [-0.2, 0) is 6.42 Å². The molecule has 0 bridgehead atoms. The van der Waals surface area contributed by atoms with E-state index in [1.807, 2.05) is 32.0 Å². The van der Waals surface area contributed by atoms with E-state index in [1.165, 1.54) is 5.56 Å². The van der Waals surface area contributed by atoms with Crippen molar-refractivity contribution < 1.29 is 4.74 Å². The van der Waals surface area contributed by atoms with Crippen LogP contribution in [0.5, 0.6) is 5.75 Å². The van der Waals surface area contributed by atoms with E-state index in [-0.39, 0.29) is 6.10 Å². The smallest absolute Gasteiger partial charge is 0.123 e. The predicted octanol–water partition coefficient (Wildman–Crippen LogP) is 4.36. The molecule has 2 rings (SSSR count). The summed E-state index contributed by atoms with van der Waals surface area (Å²) in [4.78, 5) is 0. The molecule has 0 aliphatic carbocycles. The van der Waals surface area contributed by atoms with Crippen LogP contribution < -0.4 is 15.8 Å². The average molecular weight is 270 g/mol. The number of benzene rings is 2. The molecule has 106 valence electrons. The van der Waals surface area contributed by atoms with Crippen LogP contribution in [0.4, 0.5) is 17.1 Å². The zero-order chi connectivity index (χ0) is 14.5. The minimum absolute atomic E-state index is 0.133. The second kappa shape index (κ2) is 6.33. The van der Waals surface area contributed by atoms with Crippen molar-refractivity contribution in [3.05, 3.63) is 48.0 Å². The highest BCUT2D eigenvalue weighted by Gasteiger charge is 2.03. The van der Waals surface area contributed by atoms with Gasteiger partial charge in [0.2, 0.25) is 0 Å². The zero-order valence-electron chi connectivity index (χ0n) is 12.3. The lowest BCUT2D eigenvalue weighted by Gasteiger charge is -2.13. The maximum atomic E-state index is 5.91. The van der Waals surface area contributed by atoms with Crippen molar-refractivity contribution in [2.45, 2.75) is 33.3 Å². The summed E-state index contributed by atoms with van der Waals surface area (Å²) in [6.07, 6.45) is 1.18. The summed E-state index contributed by atoms with van der Waals surface area (Å²) in [5, 5.41) is 3.35. The van der Waals surface area contributed by atoms with Gasteiger partial charge in [0, 0.05) is 29.2 Å². The Balaban J connectivity index is 2.17. The monoisotopic (exact) mass is 270 g/mol. The number of hydrogen-bond donors (Lipinski definition) is 2. The minimum atomic E-state index is 0.133. The van der Waals surface area contributed by atoms with E-state index in [0.717, 1.165) is 23.5 Å². The maximum absolute atomic E-state index is 5.91. The number of ether oxygens (including phenoxy) is 1. The molecule has 0 saturated carbocycles. The number of rotatable bonds is 5. The Hall–Kier alpha value is -2.16. The summed E-state index contributed by atoms with van der Waals surface area (Å²) in [5.74, 6) is 0.785. The first kappa shape index (κ1) is 14.3. The average Bonchev–Trinajstić information content (AvgIpc) is 2.38. The molecule has 3 heteroatoms. The first-order valence-electron chi connectivity index (χ1n) is 7.00. The van der Waals surface area contributed by atoms with Crippen molar-refractivity contribution in [3.8, 4) is 5.75 Å². The third-order valence-corrected chi connectivity index (χ3v) is 2.95. The molecule has 0 aliphatic rings. The van der Waals surface area contributed by atoms with Crippen LogP contribution in [0.3, 0.4) is 0 Å². The van der Waals surface area contributed by atoms with Gasteiger partial charge >= 0.3 is 0 Å². The third-order valence-electron chi connectivity index (χ3n) is 2.95. The molecular formula is C17H22N2O. The Bertz CT molecular complexity index is 562. The number of nitrogens with two attached hydrogens (primary N) is 1. The summed E-state index contributed by atoms with van der Waals surface area (Å²) in [6.45, 7) is 6.15. The van der Waals surface area contributed by atoms with Crippen LogP contribution in [0, 0.1) is 0 Å². The largest absolute Gasteiger partial charge is 0.491 e. The molecule has 0 aliphatic heterocycles. The Labute approximate surface area is 120 Å². The highest BCUT2D eigenvalue weighted by molar-refractivity contribution is 5.66. The van der Waals surface area contributed by atoms with E-state index >= 15 is 0 Å². The number of hydrogen-bond acceptors (Lipinski definition) is 3. The van der Waals surface area contributed by atoms with Crippen LogP contribution in [0.1, 0.15) is 26.3 Å². The normalized spacial score (nSPS) is 10.6. The zero-order valence-corrected chi connectivity index (χ0v) is 12.3. The summed E-state index contributed by atoms with van der Waals surface area (Å²) >= 11 is 0. The van der Waals surface area contributed by atoms with Crippen LogP contribution >= 0.6 is 0 Å². The van der Waals surface area contributed by atoms with E-state index in [0.29, 0.717) is 5.69 Å². The van der Waals surface area contributed by atoms with Crippen molar-refractivity contribution in [2.24, 2.45) is 0 Å². The minimum Gasteiger partial charge on any atom is -0.491 e.